The average Bonchev–Trinajstić information content (AvgIpc) is 2.17. The molecule has 1 heterocycles. The lowest BCUT2D eigenvalue weighted by Gasteiger charge is -1.98. The number of carbonyl (C=O) groups is 3. The van der Waals surface area contributed by atoms with Crippen LogP contribution in [0.1, 0.15) is 30.1 Å². The largest absolute Gasteiger partial charge is 0.300 e. The molecule has 0 saturated carbocycles. The normalized spacial score (nSPS) is 9.67. The number of pyridine rings is 1. The van der Waals surface area contributed by atoms with Crippen molar-refractivity contribution in [3.63, 3.8) is 0 Å². The van der Waals surface area contributed by atoms with Gasteiger partial charge in [0.15, 0.2) is 5.78 Å². The van der Waals surface area contributed by atoms with E-state index in [2.05, 4.69) is 4.98 Å². The van der Waals surface area contributed by atoms with Crippen molar-refractivity contribution in [2.45, 2.75) is 19.8 Å². The molecule has 1 aromatic heterocycles. The van der Waals surface area contributed by atoms with Crippen LogP contribution in [-0.2, 0) is 9.59 Å². The van der Waals surface area contributed by atoms with Crippen LogP contribution in [0.3, 0.4) is 0 Å². The summed E-state index contributed by atoms with van der Waals surface area (Å²) in [6.07, 6.45) is 2.55. The van der Waals surface area contributed by atoms with Crippen molar-refractivity contribution in [1.29, 1.82) is 0 Å². The fourth-order valence-electron chi connectivity index (χ4n) is 1.15. The maximum Gasteiger partial charge on any atom is 0.171 e. The second kappa shape index (κ2) is 5.14. The smallest absolute Gasteiger partial charge is 0.171 e. The van der Waals surface area contributed by atoms with Crippen LogP contribution in [0.2, 0.25) is 0 Å². The maximum atomic E-state index is 11.5. The highest BCUT2D eigenvalue weighted by Gasteiger charge is 2.12. The van der Waals surface area contributed by atoms with Gasteiger partial charge in [-0.15, -0.1) is 0 Å². The molecule has 0 aromatic carbocycles. The third-order valence-electron chi connectivity index (χ3n) is 1.79. The van der Waals surface area contributed by atoms with E-state index in [1.54, 1.807) is 18.3 Å². The van der Waals surface area contributed by atoms with Crippen molar-refractivity contribution >= 4 is 17.3 Å². The molecular weight excluding hydrogens is 194 g/mol. The van der Waals surface area contributed by atoms with Gasteiger partial charge in [-0.1, -0.05) is 0 Å². The first-order valence-electron chi connectivity index (χ1n) is 4.54. The van der Waals surface area contributed by atoms with Gasteiger partial charge in [0.2, 0.25) is 0 Å². The van der Waals surface area contributed by atoms with Crippen molar-refractivity contribution in [3.05, 3.63) is 30.1 Å². The van der Waals surface area contributed by atoms with Crippen molar-refractivity contribution in [3.8, 4) is 0 Å². The minimum atomic E-state index is -0.351. The van der Waals surface area contributed by atoms with E-state index in [1.165, 1.54) is 13.1 Å². The molecule has 0 aliphatic carbocycles. The molecule has 0 atom stereocenters. The summed E-state index contributed by atoms with van der Waals surface area (Å²) in [5.74, 6) is -0.871. The molecule has 0 N–H and O–H groups in total. The first kappa shape index (κ1) is 11.2. The second-order valence-corrected chi connectivity index (χ2v) is 3.26. The monoisotopic (exact) mass is 205 g/mol. The Bertz CT molecular complexity index is 384. The molecule has 1 rings (SSSR count). The second-order valence-electron chi connectivity index (χ2n) is 3.26. The first-order valence-corrected chi connectivity index (χ1v) is 4.54. The maximum absolute atomic E-state index is 11.5. The Morgan fingerprint density at radius 2 is 2.00 bits per heavy atom. The first-order chi connectivity index (χ1) is 7.09. The summed E-state index contributed by atoms with van der Waals surface area (Å²) in [6, 6.07) is 3.22. The molecule has 0 unspecified atom stereocenters. The number of Topliss-reactive ketones (excluding diaryl/α,β-unsaturated/α-hetero) is 3. The Kier molecular flexibility index (Phi) is 3.85. The SMILES string of the molecule is CC(=O)CC(=O)CC(=O)c1cccnc1. The van der Waals surface area contributed by atoms with Gasteiger partial charge in [0, 0.05) is 18.0 Å². The highest BCUT2D eigenvalue weighted by molar-refractivity contribution is 6.11. The predicted molar refractivity (Wildman–Crippen MR) is 53.5 cm³/mol. The summed E-state index contributed by atoms with van der Waals surface area (Å²) >= 11 is 0. The number of rotatable bonds is 5. The van der Waals surface area contributed by atoms with Gasteiger partial charge in [-0.3, -0.25) is 19.4 Å². The van der Waals surface area contributed by atoms with Crippen LogP contribution in [0.5, 0.6) is 0 Å². The molecule has 0 amide bonds. The van der Waals surface area contributed by atoms with Gasteiger partial charge in [-0.25, -0.2) is 0 Å². The Labute approximate surface area is 87.3 Å². The number of aromatic nitrogens is 1. The standard InChI is InChI=1S/C11H11NO3/c1-8(13)5-10(14)6-11(15)9-3-2-4-12-7-9/h2-4,7H,5-6H2,1H3. The number of nitrogens with zero attached hydrogens (tertiary/aromatic N) is 1. The van der Waals surface area contributed by atoms with Crippen LogP contribution in [0.25, 0.3) is 0 Å². The van der Waals surface area contributed by atoms with Gasteiger partial charge in [0.05, 0.1) is 12.8 Å². The fraction of sp³-hybridized carbons (Fsp3) is 0.273. The highest BCUT2D eigenvalue weighted by atomic mass is 16.2. The summed E-state index contributed by atoms with van der Waals surface area (Å²) in [7, 11) is 0. The lowest BCUT2D eigenvalue weighted by atomic mass is 10.1. The summed E-state index contributed by atoms with van der Waals surface area (Å²) in [5.41, 5.74) is 0.398. The third-order valence-corrected chi connectivity index (χ3v) is 1.79. The van der Waals surface area contributed by atoms with E-state index in [0.717, 1.165) is 0 Å². The molecule has 4 nitrogen and oxygen atoms in total. The molecule has 0 saturated heterocycles. The molecule has 0 aliphatic heterocycles. The van der Waals surface area contributed by atoms with Crippen molar-refractivity contribution in [2.24, 2.45) is 0 Å². The predicted octanol–water partition coefficient (Wildman–Crippen LogP) is 1.20. The number of hydrogen-bond donors (Lipinski definition) is 0. The summed E-state index contributed by atoms with van der Waals surface area (Å²) in [5, 5.41) is 0. The number of ketones is 3. The van der Waals surface area contributed by atoms with E-state index in [4.69, 9.17) is 0 Å². The molecule has 0 aliphatic rings. The Balaban J connectivity index is 2.57. The molecule has 78 valence electrons. The van der Waals surface area contributed by atoms with Crippen molar-refractivity contribution < 1.29 is 14.4 Å². The van der Waals surface area contributed by atoms with Gasteiger partial charge in [-0.2, -0.15) is 0 Å². The zero-order chi connectivity index (χ0) is 11.3. The van der Waals surface area contributed by atoms with Crippen LogP contribution in [0, 0.1) is 0 Å². The Morgan fingerprint density at radius 3 is 2.53 bits per heavy atom. The molecule has 0 radical (unpaired) electrons. The van der Waals surface area contributed by atoms with E-state index in [0.29, 0.717) is 5.56 Å². The topological polar surface area (TPSA) is 64.1 Å². The number of hydrogen-bond acceptors (Lipinski definition) is 4. The van der Waals surface area contributed by atoms with Gasteiger partial charge >= 0.3 is 0 Å². The van der Waals surface area contributed by atoms with Crippen LogP contribution in [-0.4, -0.2) is 22.3 Å². The quantitative estimate of drug-likeness (QED) is 0.535. The van der Waals surface area contributed by atoms with Crippen molar-refractivity contribution in [2.75, 3.05) is 0 Å². The summed E-state index contributed by atoms with van der Waals surface area (Å²) in [6.45, 7) is 1.33. The number of carbonyl (C=O) groups excluding carboxylic acids is 3. The third kappa shape index (κ3) is 3.81. The van der Waals surface area contributed by atoms with Crippen molar-refractivity contribution in [1.82, 2.24) is 4.98 Å². The van der Waals surface area contributed by atoms with Crippen LogP contribution in [0.15, 0.2) is 24.5 Å². The molecular formula is C11H11NO3. The molecule has 4 heteroatoms. The van der Waals surface area contributed by atoms with E-state index in [9.17, 15) is 14.4 Å². The minimum Gasteiger partial charge on any atom is -0.300 e. The molecule has 0 bridgehead atoms. The zero-order valence-electron chi connectivity index (χ0n) is 8.40. The summed E-state index contributed by atoms with van der Waals surface area (Å²) in [4.78, 5) is 37.0. The van der Waals surface area contributed by atoms with Crippen LogP contribution in [0.4, 0.5) is 0 Å². The van der Waals surface area contributed by atoms with Crippen LogP contribution >= 0.6 is 0 Å². The average molecular weight is 205 g/mol. The van der Waals surface area contributed by atoms with E-state index in [1.807, 2.05) is 0 Å². The van der Waals surface area contributed by atoms with Gasteiger partial charge in [0.25, 0.3) is 0 Å². The summed E-state index contributed by atoms with van der Waals surface area (Å²) < 4.78 is 0. The molecule has 15 heavy (non-hydrogen) atoms. The van der Waals surface area contributed by atoms with E-state index >= 15 is 0 Å². The Hall–Kier alpha value is -1.84. The molecule has 0 spiro atoms. The van der Waals surface area contributed by atoms with Gasteiger partial charge in [-0.05, 0) is 19.1 Å². The van der Waals surface area contributed by atoms with Gasteiger partial charge in [0.1, 0.15) is 11.6 Å². The minimum absolute atomic E-state index is 0.175. The van der Waals surface area contributed by atoms with Crippen LogP contribution < -0.4 is 0 Å². The van der Waals surface area contributed by atoms with E-state index in [-0.39, 0.29) is 30.2 Å². The molecule has 1 aromatic rings. The molecule has 0 fully saturated rings. The zero-order valence-corrected chi connectivity index (χ0v) is 8.40. The van der Waals surface area contributed by atoms with E-state index < -0.39 is 0 Å². The Morgan fingerprint density at radius 1 is 1.27 bits per heavy atom. The fourth-order valence-corrected chi connectivity index (χ4v) is 1.15. The highest BCUT2D eigenvalue weighted by Crippen LogP contribution is 2.03. The van der Waals surface area contributed by atoms with Gasteiger partial charge < -0.3 is 0 Å². The lowest BCUT2D eigenvalue weighted by molar-refractivity contribution is -0.125. The lowest BCUT2D eigenvalue weighted by Crippen LogP contribution is -2.11.